The van der Waals surface area contributed by atoms with E-state index in [1.165, 1.54) is 13.1 Å². The number of nitrogens with one attached hydrogen (secondary N) is 2. The highest BCUT2D eigenvalue weighted by atomic mass is 19.3. The van der Waals surface area contributed by atoms with Crippen LogP contribution in [0.4, 0.5) is 27.6 Å². The van der Waals surface area contributed by atoms with Gasteiger partial charge in [-0.2, -0.15) is 8.78 Å². The van der Waals surface area contributed by atoms with Crippen molar-refractivity contribution in [3.8, 4) is 5.75 Å². The molecule has 166 valence electrons. The maximum absolute atomic E-state index is 13.5. The minimum absolute atomic E-state index is 0.00728. The van der Waals surface area contributed by atoms with Gasteiger partial charge in [0.25, 0.3) is 5.91 Å². The van der Waals surface area contributed by atoms with E-state index in [1.54, 1.807) is 5.32 Å². The van der Waals surface area contributed by atoms with Crippen molar-refractivity contribution in [2.45, 2.75) is 31.7 Å². The van der Waals surface area contributed by atoms with Crippen LogP contribution in [0.3, 0.4) is 0 Å². The maximum Gasteiger partial charge on any atom is 0.326 e. The first-order valence-corrected chi connectivity index (χ1v) is 8.78. The van der Waals surface area contributed by atoms with Crippen molar-refractivity contribution < 1.29 is 41.1 Å². The molecule has 2 rings (SSSR count). The number of rotatable bonds is 6. The van der Waals surface area contributed by atoms with Crippen molar-refractivity contribution in [3.63, 3.8) is 0 Å². The summed E-state index contributed by atoms with van der Waals surface area (Å²) in [6.45, 7) is -0.930. The molecule has 1 aliphatic rings. The molecular weight excluding hydrogens is 417 g/mol. The van der Waals surface area contributed by atoms with Crippen molar-refractivity contribution in [3.05, 3.63) is 24.0 Å². The molecule has 0 aliphatic carbocycles. The van der Waals surface area contributed by atoms with Crippen LogP contribution in [0.25, 0.3) is 0 Å². The van der Waals surface area contributed by atoms with Crippen LogP contribution in [0.1, 0.15) is 13.8 Å². The van der Waals surface area contributed by atoms with Crippen LogP contribution in [0.5, 0.6) is 5.75 Å². The molecule has 1 aromatic carbocycles. The van der Waals surface area contributed by atoms with Crippen LogP contribution in [-0.4, -0.2) is 55.8 Å². The topological polar surface area (TPSA) is 87.7 Å². The van der Waals surface area contributed by atoms with Gasteiger partial charge in [-0.15, -0.1) is 0 Å². The summed E-state index contributed by atoms with van der Waals surface area (Å²) in [4.78, 5) is 37.8. The third-order valence-electron chi connectivity index (χ3n) is 4.55. The third-order valence-corrected chi connectivity index (χ3v) is 4.55. The predicted octanol–water partition coefficient (Wildman–Crippen LogP) is 1.71. The third kappa shape index (κ3) is 4.97. The van der Waals surface area contributed by atoms with Gasteiger partial charge in [0.15, 0.2) is 0 Å². The molecule has 1 heterocycles. The first-order chi connectivity index (χ1) is 13.7. The molecule has 3 amide bonds. The summed E-state index contributed by atoms with van der Waals surface area (Å²) >= 11 is 0. The SMILES string of the molecule is CC(C(=O)NCC(F)(F)C(C)(F)F)C(=O)N[C@H]1COc2ccc(F)cc2N(C)C1=O. The second kappa shape index (κ2) is 8.44. The first-order valence-electron chi connectivity index (χ1n) is 8.78. The second-order valence-corrected chi connectivity index (χ2v) is 6.91. The van der Waals surface area contributed by atoms with Gasteiger partial charge in [-0.05, 0) is 19.1 Å². The molecule has 2 atom stereocenters. The quantitative estimate of drug-likeness (QED) is 0.524. The number of halogens is 5. The van der Waals surface area contributed by atoms with Gasteiger partial charge in [0, 0.05) is 20.0 Å². The number of alkyl halides is 4. The zero-order valence-electron chi connectivity index (χ0n) is 16.3. The van der Waals surface area contributed by atoms with Gasteiger partial charge in [-0.3, -0.25) is 14.4 Å². The largest absolute Gasteiger partial charge is 0.489 e. The number of nitrogens with zero attached hydrogens (tertiary/aromatic N) is 1. The van der Waals surface area contributed by atoms with Gasteiger partial charge in [0.2, 0.25) is 11.8 Å². The van der Waals surface area contributed by atoms with Gasteiger partial charge in [-0.1, -0.05) is 0 Å². The number of fused-ring (bicyclic) bond motifs is 1. The average Bonchev–Trinajstić information content (AvgIpc) is 2.77. The Morgan fingerprint density at radius 2 is 1.90 bits per heavy atom. The Morgan fingerprint density at radius 3 is 2.50 bits per heavy atom. The molecule has 1 aliphatic heterocycles. The lowest BCUT2D eigenvalue weighted by Crippen LogP contribution is -2.53. The van der Waals surface area contributed by atoms with Crippen molar-refractivity contribution in [2.24, 2.45) is 5.92 Å². The van der Waals surface area contributed by atoms with E-state index in [0.717, 1.165) is 24.0 Å². The van der Waals surface area contributed by atoms with E-state index in [0.29, 0.717) is 0 Å². The van der Waals surface area contributed by atoms with E-state index in [9.17, 15) is 36.3 Å². The van der Waals surface area contributed by atoms with Gasteiger partial charge < -0.3 is 20.3 Å². The van der Waals surface area contributed by atoms with E-state index < -0.39 is 53.9 Å². The number of ether oxygens (including phenoxy) is 1. The summed E-state index contributed by atoms with van der Waals surface area (Å²) < 4.78 is 71.0. The minimum Gasteiger partial charge on any atom is -0.489 e. The Hall–Kier alpha value is -2.92. The predicted molar refractivity (Wildman–Crippen MR) is 95.0 cm³/mol. The zero-order valence-corrected chi connectivity index (χ0v) is 16.3. The molecule has 1 unspecified atom stereocenters. The lowest BCUT2D eigenvalue weighted by atomic mass is 10.1. The number of benzene rings is 1. The fraction of sp³-hybridized carbons (Fsp3) is 0.500. The molecule has 0 aromatic heterocycles. The maximum atomic E-state index is 13.5. The molecule has 30 heavy (non-hydrogen) atoms. The standard InChI is InChI=1S/C18H20F5N3O4/c1-9(14(27)24-8-18(22,23)17(2,20)21)15(28)25-11-7-30-13-5-4-10(19)6-12(13)26(3)16(11)29/h4-6,9,11H,7-8H2,1-3H3,(H,24,27)(H,25,28)/t9?,11-/m0/s1. The molecule has 7 nitrogen and oxygen atoms in total. The Balaban J connectivity index is 2.01. The van der Waals surface area contributed by atoms with Crippen LogP contribution >= 0.6 is 0 Å². The summed E-state index contributed by atoms with van der Waals surface area (Å²) in [5.41, 5.74) is 0.130. The normalized spacial score (nSPS) is 18.1. The number of carbonyl (C=O) groups is 3. The number of amides is 3. The number of likely N-dealkylation sites (N-methyl/N-ethyl adjacent to an activating group) is 1. The molecule has 0 spiro atoms. The molecule has 0 saturated carbocycles. The summed E-state index contributed by atoms with van der Waals surface area (Å²) in [6, 6.07) is 2.24. The van der Waals surface area contributed by atoms with E-state index in [2.05, 4.69) is 5.32 Å². The van der Waals surface area contributed by atoms with Crippen molar-refractivity contribution in [1.29, 1.82) is 0 Å². The van der Waals surface area contributed by atoms with Gasteiger partial charge >= 0.3 is 11.8 Å². The molecule has 0 fully saturated rings. The van der Waals surface area contributed by atoms with Crippen molar-refractivity contribution in [2.75, 3.05) is 25.1 Å². The highest BCUT2D eigenvalue weighted by molar-refractivity contribution is 6.04. The second-order valence-electron chi connectivity index (χ2n) is 6.91. The molecule has 2 N–H and O–H groups in total. The van der Waals surface area contributed by atoms with E-state index in [-0.39, 0.29) is 25.0 Å². The summed E-state index contributed by atoms with van der Waals surface area (Å²) in [7, 11) is 1.33. The zero-order chi connectivity index (χ0) is 22.9. The Morgan fingerprint density at radius 1 is 1.27 bits per heavy atom. The van der Waals surface area contributed by atoms with Crippen LogP contribution in [0, 0.1) is 11.7 Å². The fourth-order valence-electron chi connectivity index (χ4n) is 2.50. The summed E-state index contributed by atoms with van der Waals surface area (Å²) in [5.74, 6) is -13.8. The van der Waals surface area contributed by atoms with Gasteiger partial charge in [0.1, 0.15) is 30.1 Å². The number of hydrogen-bond acceptors (Lipinski definition) is 4. The lowest BCUT2D eigenvalue weighted by molar-refractivity contribution is -0.194. The van der Waals surface area contributed by atoms with Crippen molar-refractivity contribution >= 4 is 23.4 Å². The van der Waals surface area contributed by atoms with Crippen LogP contribution < -0.4 is 20.3 Å². The highest BCUT2D eigenvalue weighted by Crippen LogP contribution is 2.33. The number of anilines is 1. The highest BCUT2D eigenvalue weighted by Gasteiger charge is 2.52. The van der Waals surface area contributed by atoms with Crippen LogP contribution in [0.2, 0.25) is 0 Å². The summed E-state index contributed by atoms with van der Waals surface area (Å²) in [6.07, 6.45) is 0. The molecule has 1 aromatic rings. The van der Waals surface area contributed by atoms with Crippen LogP contribution in [0.15, 0.2) is 18.2 Å². The molecule has 0 bridgehead atoms. The molecule has 0 radical (unpaired) electrons. The fourth-order valence-corrected chi connectivity index (χ4v) is 2.50. The monoisotopic (exact) mass is 437 g/mol. The number of carbonyl (C=O) groups excluding carboxylic acids is 3. The van der Waals surface area contributed by atoms with E-state index in [1.807, 2.05) is 0 Å². The lowest BCUT2D eigenvalue weighted by Gasteiger charge is -2.24. The Bertz CT molecular complexity index is 844. The number of hydrogen-bond donors (Lipinski definition) is 2. The van der Waals surface area contributed by atoms with Gasteiger partial charge in [0.05, 0.1) is 12.2 Å². The van der Waals surface area contributed by atoms with E-state index >= 15 is 0 Å². The first kappa shape index (κ1) is 23.4. The summed E-state index contributed by atoms with van der Waals surface area (Å²) in [5, 5.41) is 3.85. The molecular formula is C18H20F5N3O4. The minimum atomic E-state index is -4.51. The van der Waals surface area contributed by atoms with E-state index in [4.69, 9.17) is 4.74 Å². The Labute approximate surface area is 168 Å². The Kier molecular flexibility index (Phi) is 6.57. The molecule has 0 saturated heterocycles. The molecule has 12 heteroatoms. The van der Waals surface area contributed by atoms with Crippen molar-refractivity contribution in [1.82, 2.24) is 10.6 Å². The average molecular weight is 437 g/mol. The van der Waals surface area contributed by atoms with Crippen LogP contribution in [-0.2, 0) is 14.4 Å². The van der Waals surface area contributed by atoms with Gasteiger partial charge in [-0.25, -0.2) is 13.2 Å². The smallest absolute Gasteiger partial charge is 0.326 e.